The molecule has 1 aromatic carbocycles. The summed E-state index contributed by atoms with van der Waals surface area (Å²) in [5.74, 6) is 0.665. The number of rotatable bonds is 3. The summed E-state index contributed by atoms with van der Waals surface area (Å²) < 4.78 is 9.92. The molecule has 0 unspecified atom stereocenters. The molecule has 0 aliphatic heterocycles. The van der Waals surface area contributed by atoms with Crippen molar-refractivity contribution in [1.82, 2.24) is 5.16 Å². The van der Waals surface area contributed by atoms with Crippen LogP contribution in [0.1, 0.15) is 10.4 Å². The van der Waals surface area contributed by atoms with Gasteiger partial charge >= 0.3 is 0 Å². The largest absolute Gasteiger partial charge is 0.504 e. The molecule has 2 rings (SSSR count). The molecule has 0 radical (unpaired) electrons. The van der Waals surface area contributed by atoms with Crippen molar-refractivity contribution in [1.29, 1.82) is 0 Å². The molecular formula is C11H10N2O4. The predicted molar refractivity (Wildman–Crippen MR) is 60.0 cm³/mol. The van der Waals surface area contributed by atoms with Crippen LogP contribution in [0, 0.1) is 0 Å². The first-order valence-corrected chi connectivity index (χ1v) is 4.74. The minimum Gasteiger partial charge on any atom is -0.504 e. The molecule has 0 fully saturated rings. The van der Waals surface area contributed by atoms with Crippen molar-refractivity contribution in [3.8, 4) is 22.8 Å². The summed E-state index contributed by atoms with van der Waals surface area (Å²) in [6.07, 6.45) is 0.604. The molecule has 0 amide bonds. The van der Waals surface area contributed by atoms with Crippen molar-refractivity contribution in [2.24, 2.45) is 0 Å². The molecule has 1 aromatic heterocycles. The molecular weight excluding hydrogens is 224 g/mol. The number of benzene rings is 1. The van der Waals surface area contributed by atoms with E-state index in [0.29, 0.717) is 17.6 Å². The summed E-state index contributed by atoms with van der Waals surface area (Å²) in [5, 5.41) is 13.1. The first-order chi connectivity index (χ1) is 8.15. The summed E-state index contributed by atoms with van der Waals surface area (Å²) in [7, 11) is 1.41. The zero-order valence-electron chi connectivity index (χ0n) is 9.01. The number of nitrogens with two attached hydrogens (primary N) is 1. The molecule has 0 spiro atoms. The van der Waals surface area contributed by atoms with Gasteiger partial charge in [-0.2, -0.15) is 0 Å². The predicted octanol–water partition coefficient (Wildman–Crippen LogP) is 1.45. The van der Waals surface area contributed by atoms with Gasteiger partial charge in [-0.3, -0.25) is 4.79 Å². The van der Waals surface area contributed by atoms with Gasteiger partial charge in [0.15, 0.2) is 29.4 Å². The van der Waals surface area contributed by atoms with E-state index < -0.39 is 0 Å². The van der Waals surface area contributed by atoms with E-state index in [1.165, 1.54) is 25.3 Å². The van der Waals surface area contributed by atoms with Gasteiger partial charge in [0.1, 0.15) is 0 Å². The van der Waals surface area contributed by atoms with Crippen LogP contribution in [0.15, 0.2) is 22.7 Å². The zero-order valence-corrected chi connectivity index (χ0v) is 9.01. The van der Waals surface area contributed by atoms with E-state index >= 15 is 0 Å². The molecule has 6 nitrogen and oxygen atoms in total. The second kappa shape index (κ2) is 4.17. The Balaban J connectivity index is 2.62. The lowest BCUT2D eigenvalue weighted by Crippen LogP contribution is -1.90. The second-order valence-electron chi connectivity index (χ2n) is 3.35. The van der Waals surface area contributed by atoms with E-state index in [4.69, 9.17) is 15.0 Å². The van der Waals surface area contributed by atoms with Gasteiger partial charge < -0.3 is 20.1 Å². The van der Waals surface area contributed by atoms with E-state index in [0.717, 1.165) is 0 Å². The van der Waals surface area contributed by atoms with Crippen LogP contribution in [0.5, 0.6) is 11.5 Å². The van der Waals surface area contributed by atoms with Gasteiger partial charge in [-0.1, -0.05) is 5.16 Å². The lowest BCUT2D eigenvalue weighted by molar-refractivity contribution is 0.112. The van der Waals surface area contributed by atoms with Crippen LogP contribution < -0.4 is 10.5 Å². The minimum atomic E-state index is -0.120. The number of aromatic hydroxyl groups is 1. The van der Waals surface area contributed by atoms with E-state index in [1.54, 1.807) is 0 Å². The van der Waals surface area contributed by atoms with Crippen molar-refractivity contribution in [2.45, 2.75) is 0 Å². The van der Waals surface area contributed by atoms with Crippen LogP contribution in [-0.4, -0.2) is 23.7 Å². The normalized spacial score (nSPS) is 10.2. The molecule has 1 heterocycles. The smallest absolute Gasteiger partial charge is 0.169 e. The average molecular weight is 234 g/mol. The van der Waals surface area contributed by atoms with Crippen molar-refractivity contribution >= 4 is 12.1 Å². The van der Waals surface area contributed by atoms with Gasteiger partial charge in [0.2, 0.25) is 0 Å². The summed E-state index contributed by atoms with van der Waals surface area (Å²) in [6, 6.07) is 4.26. The Bertz CT molecular complexity index is 563. The maximum Gasteiger partial charge on any atom is 0.169 e. The molecule has 0 atom stereocenters. The number of phenolic OH excluding ortho intramolecular Hbond substituents is 1. The number of hydrogen-bond acceptors (Lipinski definition) is 6. The maximum absolute atomic E-state index is 10.9. The van der Waals surface area contributed by atoms with Gasteiger partial charge in [0.25, 0.3) is 0 Å². The fraction of sp³-hybridized carbons (Fsp3) is 0.0909. The molecule has 2 aromatic rings. The van der Waals surface area contributed by atoms with Crippen molar-refractivity contribution in [3.05, 3.63) is 23.8 Å². The van der Waals surface area contributed by atoms with Crippen LogP contribution in [-0.2, 0) is 0 Å². The fourth-order valence-electron chi connectivity index (χ4n) is 1.47. The number of nitrogen functional groups attached to an aromatic ring is 1. The Morgan fingerprint density at radius 1 is 1.47 bits per heavy atom. The number of aldehydes is 1. The number of anilines is 1. The highest BCUT2D eigenvalue weighted by Gasteiger charge is 2.14. The van der Waals surface area contributed by atoms with Crippen LogP contribution in [0.3, 0.4) is 0 Å². The molecule has 3 N–H and O–H groups in total. The number of phenols is 1. The highest BCUT2D eigenvalue weighted by molar-refractivity contribution is 5.88. The Kier molecular flexibility index (Phi) is 2.70. The minimum absolute atomic E-state index is 0.120. The second-order valence-corrected chi connectivity index (χ2v) is 3.35. The lowest BCUT2D eigenvalue weighted by Gasteiger charge is -2.07. The molecule has 0 saturated heterocycles. The number of nitrogens with zero attached hydrogens (tertiary/aromatic N) is 1. The van der Waals surface area contributed by atoms with Crippen LogP contribution >= 0.6 is 0 Å². The number of carbonyl (C=O) groups is 1. The van der Waals surface area contributed by atoms with Crippen molar-refractivity contribution in [2.75, 3.05) is 12.8 Å². The third-order valence-corrected chi connectivity index (χ3v) is 2.27. The van der Waals surface area contributed by atoms with Gasteiger partial charge in [-0.15, -0.1) is 0 Å². The lowest BCUT2D eigenvalue weighted by atomic mass is 10.1. The summed E-state index contributed by atoms with van der Waals surface area (Å²) in [5.41, 5.74) is 6.15. The summed E-state index contributed by atoms with van der Waals surface area (Å²) in [6.45, 7) is 0. The topological polar surface area (TPSA) is 98.6 Å². The highest BCUT2D eigenvalue weighted by Crippen LogP contribution is 2.34. The Morgan fingerprint density at radius 3 is 2.76 bits per heavy atom. The molecule has 17 heavy (non-hydrogen) atoms. The van der Waals surface area contributed by atoms with Gasteiger partial charge in [-0.25, -0.2) is 0 Å². The SMILES string of the molecule is COc1cc(-c2cc(N)no2)c(C=O)cc1O. The first kappa shape index (κ1) is 11.0. The zero-order chi connectivity index (χ0) is 12.4. The molecule has 0 aliphatic rings. The van der Waals surface area contributed by atoms with E-state index in [1.807, 2.05) is 0 Å². The number of carbonyl (C=O) groups excluding carboxylic acids is 1. The fourth-order valence-corrected chi connectivity index (χ4v) is 1.47. The van der Waals surface area contributed by atoms with Crippen LogP contribution in [0.4, 0.5) is 5.82 Å². The van der Waals surface area contributed by atoms with E-state index in [-0.39, 0.29) is 22.9 Å². The van der Waals surface area contributed by atoms with Gasteiger partial charge in [-0.05, 0) is 12.1 Å². The third-order valence-electron chi connectivity index (χ3n) is 2.27. The monoisotopic (exact) mass is 234 g/mol. The van der Waals surface area contributed by atoms with Crippen LogP contribution in [0.2, 0.25) is 0 Å². The maximum atomic E-state index is 10.9. The molecule has 0 bridgehead atoms. The van der Waals surface area contributed by atoms with Crippen LogP contribution in [0.25, 0.3) is 11.3 Å². The quantitative estimate of drug-likeness (QED) is 0.780. The summed E-state index contributed by atoms with van der Waals surface area (Å²) >= 11 is 0. The Hall–Kier alpha value is -2.50. The Morgan fingerprint density at radius 2 is 2.24 bits per heavy atom. The highest BCUT2D eigenvalue weighted by atomic mass is 16.5. The van der Waals surface area contributed by atoms with Gasteiger partial charge in [0, 0.05) is 17.2 Å². The number of ether oxygens (including phenoxy) is 1. The molecule has 0 aliphatic carbocycles. The summed E-state index contributed by atoms with van der Waals surface area (Å²) in [4.78, 5) is 10.9. The Labute approximate surface area is 96.6 Å². The molecule has 0 saturated carbocycles. The molecule has 6 heteroatoms. The molecule has 88 valence electrons. The van der Waals surface area contributed by atoms with E-state index in [9.17, 15) is 9.90 Å². The number of hydrogen-bond donors (Lipinski definition) is 2. The van der Waals surface area contributed by atoms with Gasteiger partial charge in [0.05, 0.1) is 7.11 Å². The average Bonchev–Trinajstić information content (AvgIpc) is 2.75. The van der Waals surface area contributed by atoms with Crippen molar-refractivity contribution in [3.63, 3.8) is 0 Å². The number of aromatic nitrogens is 1. The van der Waals surface area contributed by atoms with E-state index in [2.05, 4.69) is 5.16 Å². The number of methoxy groups -OCH3 is 1. The van der Waals surface area contributed by atoms with Crippen molar-refractivity contribution < 1.29 is 19.2 Å². The third kappa shape index (κ3) is 1.92. The standard InChI is InChI=1S/C11H10N2O4/c1-16-10-3-7(6(5-14)2-8(10)15)9-4-11(12)13-17-9/h2-5,15H,1H3,(H2,12,13). The first-order valence-electron chi connectivity index (χ1n) is 4.74.